The molecular weight excluding hydrogens is 1050 g/mol. The molecule has 2 aromatic heterocycles. The first-order valence-corrected chi connectivity index (χ1v) is 28.4. The second kappa shape index (κ2) is 26.6. The predicted molar refractivity (Wildman–Crippen MR) is 300 cm³/mol. The Morgan fingerprint density at radius 2 is 1.66 bits per heavy atom. The number of urea groups is 1. The normalized spacial score (nSPS) is 18.3. The first-order valence-electron chi connectivity index (χ1n) is 27.5. The molecule has 80 heavy (non-hydrogen) atoms. The number of β-amino-alcohol motifs (C(OH)–C–C–N with tert-alkyl or cyclic N) is 1. The van der Waals surface area contributed by atoms with Gasteiger partial charge in [0.25, 0.3) is 6.43 Å². The van der Waals surface area contributed by atoms with Crippen molar-refractivity contribution < 1.29 is 47.3 Å². The van der Waals surface area contributed by atoms with Gasteiger partial charge in [0.1, 0.15) is 17.9 Å². The first kappa shape index (κ1) is 59.3. The van der Waals surface area contributed by atoms with Gasteiger partial charge in [-0.25, -0.2) is 18.6 Å². The number of rotatable bonds is 20. The average molecular weight is 1130 g/mol. The zero-order chi connectivity index (χ0) is 57.3. The number of aliphatic hydroxyl groups is 1. The molecule has 23 heteroatoms. The molecule has 8 rings (SSSR count). The summed E-state index contributed by atoms with van der Waals surface area (Å²) in [5.74, 6) is -1.12. The van der Waals surface area contributed by atoms with Gasteiger partial charge in [-0.1, -0.05) is 45.0 Å². The SMILES string of the molecule is CNC(=O)N1CCC(NC2CCN(C(=O)CCOCCOCCC(=O)NC(C(=O)N3CC(O)CC3C(=O)NCc3ccc(-c4scnc4C)cc3)C(C)(C)C)CC2)=C(C(=N)N2CCCc3cc(-c4cnn(C)c4)c(C(F)F)cc32)C1. The fourth-order valence-corrected chi connectivity index (χ4v) is 11.7. The Morgan fingerprint density at radius 1 is 0.938 bits per heavy atom. The van der Waals surface area contributed by atoms with E-state index in [1.165, 1.54) is 11.0 Å². The molecule has 3 atom stereocenters. The number of likely N-dealkylation sites (tertiary alicyclic amines) is 2. The number of nitrogens with zero attached hydrogens (tertiary/aromatic N) is 7. The summed E-state index contributed by atoms with van der Waals surface area (Å²) in [6.45, 7) is 10.4. The lowest BCUT2D eigenvalue weighted by atomic mass is 9.85. The van der Waals surface area contributed by atoms with Gasteiger partial charge in [-0.15, -0.1) is 11.3 Å². The monoisotopic (exact) mass is 1130 g/mol. The number of amidine groups is 1. The molecule has 6 N–H and O–H groups in total. The van der Waals surface area contributed by atoms with Crippen LogP contribution in [-0.2, 0) is 48.7 Å². The van der Waals surface area contributed by atoms with Crippen LogP contribution < -0.4 is 26.2 Å². The van der Waals surface area contributed by atoms with Crippen LogP contribution in [0, 0.1) is 17.7 Å². The summed E-state index contributed by atoms with van der Waals surface area (Å²) < 4.78 is 42.3. The van der Waals surface area contributed by atoms with E-state index in [0.717, 1.165) is 33.0 Å². The van der Waals surface area contributed by atoms with E-state index in [9.17, 15) is 43.3 Å². The average Bonchev–Trinajstić information content (AvgIpc) is 4.22. The number of amides is 6. The Balaban J connectivity index is 0.753. The molecular formula is C57H76F2N12O8S. The molecule has 3 unspecified atom stereocenters. The molecule has 0 bridgehead atoms. The number of hydrogen-bond donors (Lipinski definition) is 6. The van der Waals surface area contributed by atoms with Crippen LogP contribution in [0.1, 0.15) is 94.5 Å². The van der Waals surface area contributed by atoms with Crippen molar-refractivity contribution >= 4 is 52.5 Å². The molecule has 4 aliphatic heterocycles. The number of aryl methyl sites for hydroxylation is 3. The standard InChI is InChI=1S/C57H76F2N12O8S/c1-35-50(80-34-63-35)37-11-9-36(10-12-37)29-62-54(75)47-27-41(72)32-71(47)55(76)51(57(2,3)4)66-48(73)16-22-78-24-25-79-23-17-49(74)68-19-13-40(14-20-68)65-45-15-21-69(56(77)61-5)33-44(45)53(60)70-18-7-8-38-26-42(39-30-64-67(6)31-39)43(52(58)59)28-46(38)70/h9-12,26,28,30-31,34,40-41,47,51-52,60,65,72H,7-8,13-25,27,29,32-33H2,1-6H3,(H,61,77)(H,62,75)(H,66,73). The van der Waals surface area contributed by atoms with Gasteiger partial charge in [-0.3, -0.25) is 29.3 Å². The zero-order valence-electron chi connectivity index (χ0n) is 46.6. The van der Waals surface area contributed by atoms with Crippen LogP contribution in [0.3, 0.4) is 0 Å². The number of piperidine rings is 1. The lowest BCUT2D eigenvalue weighted by Gasteiger charge is -2.39. The predicted octanol–water partition coefficient (Wildman–Crippen LogP) is 5.69. The van der Waals surface area contributed by atoms with Crippen LogP contribution in [0.4, 0.5) is 19.3 Å². The number of fused-ring (bicyclic) bond motifs is 1. The maximum absolute atomic E-state index is 14.7. The fourth-order valence-electron chi connectivity index (χ4n) is 10.8. The minimum atomic E-state index is -2.75. The summed E-state index contributed by atoms with van der Waals surface area (Å²) in [4.78, 5) is 78.9. The molecule has 4 aromatic rings. The van der Waals surface area contributed by atoms with Crippen molar-refractivity contribution in [2.75, 3.05) is 77.6 Å². The third-order valence-corrected chi connectivity index (χ3v) is 16.2. The minimum Gasteiger partial charge on any atom is -0.391 e. The first-order chi connectivity index (χ1) is 38.3. The number of ether oxygens (including phenoxy) is 2. The number of anilines is 1. The van der Waals surface area contributed by atoms with Crippen molar-refractivity contribution in [3.63, 3.8) is 0 Å². The molecule has 0 spiro atoms. The van der Waals surface area contributed by atoms with E-state index in [4.69, 9.17) is 9.47 Å². The highest BCUT2D eigenvalue weighted by Crippen LogP contribution is 2.40. The van der Waals surface area contributed by atoms with Gasteiger partial charge in [0.05, 0.1) is 67.8 Å². The smallest absolute Gasteiger partial charge is 0.317 e. The van der Waals surface area contributed by atoms with Crippen molar-refractivity contribution in [2.24, 2.45) is 12.5 Å². The zero-order valence-corrected chi connectivity index (χ0v) is 47.4. The number of thiazole rings is 1. The molecule has 6 amide bonds. The number of halogens is 2. The van der Waals surface area contributed by atoms with Crippen LogP contribution in [0.2, 0.25) is 0 Å². The molecule has 432 valence electrons. The summed E-state index contributed by atoms with van der Waals surface area (Å²) in [7, 11) is 3.30. The van der Waals surface area contributed by atoms with Gasteiger partial charge in [0.15, 0.2) is 0 Å². The summed E-state index contributed by atoms with van der Waals surface area (Å²) in [6, 6.07) is 8.99. The van der Waals surface area contributed by atoms with Gasteiger partial charge in [-0.05, 0) is 72.4 Å². The van der Waals surface area contributed by atoms with Gasteiger partial charge in [0.2, 0.25) is 23.6 Å². The molecule has 0 aliphatic carbocycles. The van der Waals surface area contributed by atoms with Crippen LogP contribution in [0.15, 0.2) is 65.6 Å². The summed E-state index contributed by atoms with van der Waals surface area (Å²) in [5, 5.41) is 36.5. The van der Waals surface area contributed by atoms with Crippen molar-refractivity contribution in [2.45, 2.75) is 116 Å². The van der Waals surface area contributed by atoms with Crippen molar-refractivity contribution in [1.82, 2.24) is 50.7 Å². The van der Waals surface area contributed by atoms with Gasteiger partial charge >= 0.3 is 6.03 Å². The highest BCUT2D eigenvalue weighted by atomic mass is 32.1. The molecule has 2 aromatic carbocycles. The number of carbonyl (C=O) groups is 5. The third kappa shape index (κ3) is 14.6. The highest BCUT2D eigenvalue weighted by molar-refractivity contribution is 7.13. The minimum absolute atomic E-state index is 0.00455. The number of aromatic nitrogens is 3. The molecule has 20 nitrogen and oxygen atoms in total. The van der Waals surface area contributed by atoms with E-state index < -0.39 is 41.8 Å². The topological polar surface area (TPSA) is 240 Å². The number of benzene rings is 2. The largest absolute Gasteiger partial charge is 0.391 e. The Kier molecular flexibility index (Phi) is 19.7. The lowest BCUT2D eigenvalue weighted by Crippen LogP contribution is -2.57. The summed E-state index contributed by atoms with van der Waals surface area (Å²) >= 11 is 1.56. The van der Waals surface area contributed by atoms with Gasteiger partial charge in [-0.2, -0.15) is 5.10 Å². The Labute approximate surface area is 470 Å². The highest BCUT2D eigenvalue weighted by Gasteiger charge is 2.44. The molecule has 2 saturated heterocycles. The second-order valence-electron chi connectivity index (χ2n) is 22.0. The number of nitrogens with one attached hydrogen (secondary N) is 5. The summed E-state index contributed by atoms with van der Waals surface area (Å²) in [6.07, 6.45) is 3.06. The van der Waals surface area contributed by atoms with E-state index in [1.807, 2.05) is 56.9 Å². The summed E-state index contributed by atoms with van der Waals surface area (Å²) in [5.41, 5.74) is 7.74. The van der Waals surface area contributed by atoms with E-state index in [-0.39, 0.29) is 101 Å². The van der Waals surface area contributed by atoms with E-state index in [2.05, 4.69) is 31.3 Å². The molecule has 0 saturated carbocycles. The maximum Gasteiger partial charge on any atom is 0.317 e. The molecule has 6 heterocycles. The van der Waals surface area contributed by atoms with Crippen molar-refractivity contribution in [1.29, 1.82) is 5.41 Å². The number of aliphatic hydroxyl groups excluding tert-OH is 1. The van der Waals surface area contributed by atoms with Gasteiger partial charge < -0.3 is 55.4 Å². The van der Waals surface area contributed by atoms with Crippen LogP contribution in [0.5, 0.6) is 0 Å². The Morgan fingerprint density at radius 3 is 2.31 bits per heavy atom. The fraction of sp³-hybridized carbons (Fsp3) is 0.544. The maximum atomic E-state index is 14.7. The van der Waals surface area contributed by atoms with Gasteiger partial charge in [0, 0.05) is 113 Å². The number of hydrogen-bond acceptors (Lipinski definition) is 13. The van der Waals surface area contributed by atoms with Crippen LogP contribution in [-0.4, -0.2) is 167 Å². The molecule has 4 aliphatic rings. The van der Waals surface area contributed by atoms with Crippen molar-refractivity contribution in [3.8, 4) is 21.6 Å². The van der Waals surface area contributed by atoms with Crippen LogP contribution in [0.25, 0.3) is 21.6 Å². The Hall–Kier alpha value is -6.82. The number of carbonyl (C=O) groups excluding carboxylic acids is 5. The second-order valence-corrected chi connectivity index (χ2v) is 22.9. The van der Waals surface area contributed by atoms with E-state index in [0.29, 0.717) is 80.7 Å². The molecule has 2 fully saturated rings. The third-order valence-electron chi connectivity index (χ3n) is 15.3. The number of alkyl halides is 2. The molecule has 0 radical (unpaired) electrons. The lowest BCUT2D eigenvalue weighted by molar-refractivity contribution is -0.144. The van der Waals surface area contributed by atoms with Crippen LogP contribution >= 0.6 is 11.3 Å². The van der Waals surface area contributed by atoms with Crippen molar-refractivity contribution in [3.05, 3.63) is 88.0 Å². The van der Waals surface area contributed by atoms with E-state index in [1.54, 1.807) is 63.9 Å². The quantitative estimate of drug-likeness (QED) is 0.0356. The van der Waals surface area contributed by atoms with E-state index >= 15 is 0 Å². The Bertz CT molecular complexity index is 2900.